The molecule has 2 rings (SSSR count). The Morgan fingerprint density at radius 2 is 1.77 bits per heavy atom. The lowest BCUT2D eigenvalue weighted by atomic mass is 9.63. The van der Waals surface area contributed by atoms with Gasteiger partial charge < -0.3 is 10.1 Å². The van der Waals surface area contributed by atoms with E-state index in [0.29, 0.717) is 24.4 Å². The number of ether oxygens (including phenoxy) is 1. The Balaban J connectivity index is 2.20. The second kappa shape index (κ2) is 7.29. The van der Waals surface area contributed by atoms with Crippen molar-refractivity contribution >= 4 is 11.6 Å². The highest BCUT2D eigenvalue weighted by atomic mass is 35.5. The predicted molar refractivity (Wildman–Crippen MR) is 85.1 cm³/mol. The van der Waals surface area contributed by atoms with Gasteiger partial charge in [0.2, 0.25) is 0 Å². The van der Waals surface area contributed by atoms with Gasteiger partial charge in [-0.15, -0.1) is 11.6 Å². The van der Waals surface area contributed by atoms with Crippen molar-refractivity contribution in [3.8, 4) is 0 Å². The van der Waals surface area contributed by atoms with Crippen LogP contribution >= 0.6 is 11.6 Å². The van der Waals surface area contributed by atoms with Crippen LogP contribution in [-0.2, 0) is 4.74 Å². The van der Waals surface area contributed by atoms with Gasteiger partial charge in [-0.2, -0.15) is 8.78 Å². The van der Waals surface area contributed by atoms with Crippen molar-refractivity contribution in [2.24, 2.45) is 23.2 Å². The minimum Gasteiger partial charge on any atom is -0.314 e. The smallest absolute Gasteiger partial charge is 0.314 e. The molecule has 0 aromatic rings. The summed E-state index contributed by atoms with van der Waals surface area (Å²) in [5, 5.41) is 6.59. The van der Waals surface area contributed by atoms with Gasteiger partial charge in [0.1, 0.15) is 6.23 Å². The largest absolute Gasteiger partial charge is 0.346 e. The maximum absolute atomic E-state index is 12.8. The van der Waals surface area contributed by atoms with Crippen molar-refractivity contribution in [1.29, 1.82) is 0 Å². The van der Waals surface area contributed by atoms with E-state index in [1.165, 1.54) is 0 Å². The van der Waals surface area contributed by atoms with Gasteiger partial charge in [0.05, 0.1) is 0 Å². The molecule has 0 radical (unpaired) electrons. The average molecular weight is 339 g/mol. The van der Waals surface area contributed by atoms with Crippen molar-refractivity contribution in [1.82, 2.24) is 10.6 Å². The summed E-state index contributed by atoms with van der Waals surface area (Å²) in [6.45, 7) is 7.51. The molecule has 0 amide bonds. The standard InChI is InChI=1S/C16H29ClF2N2O/c1-9-5-11(13(8-20-9)16(2,3)4)12-6-10(17)7-21-14(12)22-15(18)19/h9-15,20-21H,5-8H2,1-4H3. The molecule has 0 saturated carbocycles. The number of piperidine rings is 2. The van der Waals surface area contributed by atoms with Gasteiger partial charge in [-0.3, -0.25) is 5.32 Å². The van der Waals surface area contributed by atoms with Crippen LogP contribution in [0.15, 0.2) is 0 Å². The maximum Gasteiger partial charge on any atom is 0.346 e. The van der Waals surface area contributed by atoms with Crippen LogP contribution in [0.1, 0.15) is 40.5 Å². The number of rotatable bonds is 3. The van der Waals surface area contributed by atoms with Crippen molar-refractivity contribution < 1.29 is 13.5 Å². The topological polar surface area (TPSA) is 33.3 Å². The van der Waals surface area contributed by atoms with Gasteiger partial charge >= 0.3 is 6.61 Å². The summed E-state index contributed by atoms with van der Waals surface area (Å²) in [7, 11) is 0. The number of alkyl halides is 3. The molecule has 0 aromatic carbocycles. The summed E-state index contributed by atoms with van der Waals surface area (Å²) in [6.07, 6.45) is 1.10. The van der Waals surface area contributed by atoms with Crippen LogP contribution in [0.4, 0.5) is 8.78 Å². The van der Waals surface area contributed by atoms with Crippen LogP contribution < -0.4 is 10.6 Å². The van der Waals surface area contributed by atoms with Crippen LogP contribution in [0.2, 0.25) is 0 Å². The summed E-state index contributed by atoms with van der Waals surface area (Å²) in [5.74, 6) is 0.773. The lowest BCUT2D eigenvalue weighted by Crippen LogP contribution is -2.57. The minimum absolute atomic E-state index is 0.0201. The summed E-state index contributed by atoms with van der Waals surface area (Å²) >= 11 is 6.31. The van der Waals surface area contributed by atoms with Gasteiger partial charge in [-0.05, 0) is 43.6 Å². The fourth-order valence-electron chi connectivity index (χ4n) is 4.11. The number of nitrogens with one attached hydrogen (secondary N) is 2. The van der Waals surface area contributed by atoms with Gasteiger partial charge in [-0.25, -0.2) is 0 Å². The Morgan fingerprint density at radius 3 is 2.36 bits per heavy atom. The molecule has 130 valence electrons. The zero-order valence-electron chi connectivity index (χ0n) is 13.9. The quantitative estimate of drug-likeness (QED) is 0.773. The monoisotopic (exact) mass is 338 g/mol. The molecule has 2 fully saturated rings. The van der Waals surface area contributed by atoms with Gasteiger partial charge in [-0.1, -0.05) is 20.8 Å². The minimum atomic E-state index is -2.75. The first kappa shape index (κ1) is 18.4. The number of hydrogen-bond donors (Lipinski definition) is 2. The van der Waals surface area contributed by atoms with E-state index < -0.39 is 12.8 Å². The summed E-state index contributed by atoms with van der Waals surface area (Å²) in [5.41, 5.74) is 0.118. The average Bonchev–Trinajstić information content (AvgIpc) is 2.38. The molecule has 2 aliphatic heterocycles. The molecular formula is C16H29ClF2N2O. The third-order valence-electron chi connectivity index (χ3n) is 5.20. The Bertz CT molecular complexity index is 365. The molecule has 0 aromatic heterocycles. The zero-order valence-corrected chi connectivity index (χ0v) is 14.7. The second-order valence-electron chi connectivity index (χ2n) is 7.90. The molecule has 2 saturated heterocycles. The summed E-state index contributed by atoms with van der Waals surface area (Å²) in [6, 6.07) is 0.395. The second-order valence-corrected chi connectivity index (χ2v) is 8.52. The zero-order chi connectivity index (χ0) is 16.5. The third-order valence-corrected chi connectivity index (χ3v) is 5.53. The van der Waals surface area contributed by atoms with E-state index in [0.717, 1.165) is 19.4 Å². The molecule has 6 unspecified atom stereocenters. The molecule has 6 heteroatoms. The third kappa shape index (κ3) is 4.53. The molecule has 2 heterocycles. The maximum atomic E-state index is 12.8. The first-order chi connectivity index (χ1) is 10.2. The van der Waals surface area contributed by atoms with Crippen LogP contribution in [0, 0.1) is 23.2 Å². The normalized spacial score (nSPS) is 40.9. The summed E-state index contributed by atoms with van der Waals surface area (Å²) in [4.78, 5) is 0. The Hall–Kier alpha value is 0.0300. The Morgan fingerprint density at radius 1 is 1.09 bits per heavy atom. The van der Waals surface area contributed by atoms with E-state index in [9.17, 15) is 8.78 Å². The molecule has 0 bridgehead atoms. The van der Waals surface area contributed by atoms with Crippen molar-refractivity contribution in [3.05, 3.63) is 0 Å². The molecule has 3 nitrogen and oxygen atoms in total. The number of halogens is 3. The molecule has 0 aliphatic carbocycles. The highest BCUT2D eigenvalue weighted by Crippen LogP contribution is 2.44. The summed E-state index contributed by atoms with van der Waals surface area (Å²) < 4.78 is 30.4. The van der Waals surface area contributed by atoms with E-state index in [1.807, 2.05) is 0 Å². The molecule has 22 heavy (non-hydrogen) atoms. The lowest BCUT2D eigenvalue weighted by molar-refractivity contribution is -0.201. The highest BCUT2D eigenvalue weighted by Gasteiger charge is 2.45. The van der Waals surface area contributed by atoms with Gasteiger partial charge in [0, 0.05) is 23.9 Å². The molecule has 2 aliphatic rings. The van der Waals surface area contributed by atoms with E-state index in [-0.39, 0.29) is 16.7 Å². The lowest BCUT2D eigenvalue weighted by Gasteiger charge is -2.49. The van der Waals surface area contributed by atoms with Crippen LogP contribution in [0.3, 0.4) is 0 Å². The first-order valence-electron chi connectivity index (χ1n) is 8.23. The van der Waals surface area contributed by atoms with E-state index in [2.05, 4.69) is 38.3 Å². The molecule has 6 atom stereocenters. The van der Waals surface area contributed by atoms with Gasteiger partial charge in [0.25, 0.3) is 0 Å². The highest BCUT2D eigenvalue weighted by molar-refractivity contribution is 6.20. The molecular weight excluding hydrogens is 310 g/mol. The molecule has 2 N–H and O–H groups in total. The van der Waals surface area contributed by atoms with Crippen molar-refractivity contribution in [2.45, 2.75) is 64.8 Å². The molecule has 0 spiro atoms. The van der Waals surface area contributed by atoms with Gasteiger partial charge in [0.15, 0.2) is 0 Å². The van der Waals surface area contributed by atoms with Crippen LogP contribution in [0.25, 0.3) is 0 Å². The Labute approximate surface area is 137 Å². The Kier molecular flexibility index (Phi) is 6.08. The SMILES string of the molecule is CC1CC(C2CC(Cl)CNC2OC(F)F)C(C(C)(C)C)CN1. The predicted octanol–water partition coefficient (Wildman–Crippen LogP) is 3.43. The van der Waals surface area contributed by atoms with Crippen LogP contribution in [0.5, 0.6) is 0 Å². The van der Waals surface area contributed by atoms with Crippen molar-refractivity contribution in [2.75, 3.05) is 13.1 Å². The fraction of sp³-hybridized carbons (Fsp3) is 1.00. The van der Waals surface area contributed by atoms with E-state index in [4.69, 9.17) is 16.3 Å². The van der Waals surface area contributed by atoms with Crippen molar-refractivity contribution in [3.63, 3.8) is 0 Å². The van der Waals surface area contributed by atoms with E-state index in [1.54, 1.807) is 0 Å². The fourth-order valence-corrected chi connectivity index (χ4v) is 4.41. The first-order valence-corrected chi connectivity index (χ1v) is 8.66. The van der Waals surface area contributed by atoms with E-state index >= 15 is 0 Å². The number of hydrogen-bond acceptors (Lipinski definition) is 3. The van der Waals surface area contributed by atoms with Crippen LogP contribution in [-0.4, -0.2) is 37.3 Å².